The number of carbonyl (C=O) groups is 1. The van der Waals surface area contributed by atoms with Crippen LogP contribution in [0.3, 0.4) is 0 Å². The number of aliphatic carboxylic acids is 1. The lowest BCUT2D eigenvalue weighted by molar-refractivity contribution is -0.137. The van der Waals surface area contributed by atoms with Crippen LogP contribution < -0.4 is 4.72 Å². The van der Waals surface area contributed by atoms with Gasteiger partial charge in [-0.2, -0.15) is 0 Å². The van der Waals surface area contributed by atoms with Crippen LogP contribution in [0.4, 0.5) is 0 Å². The number of nitrogens with one attached hydrogen (secondary N) is 1. The van der Waals surface area contributed by atoms with Gasteiger partial charge in [0.05, 0.1) is 17.9 Å². The average Bonchev–Trinajstić information content (AvgIpc) is 2.94. The van der Waals surface area contributed by atoms with Crippen molar-refractivity contribution < 1.29 is 26.7 Å². The fourth-order valence-corrected chi connectivity index (χ4v) is 4.49. The van der Waals surface area contributed by atoms with E-state index >= 15 is 0 Å². The summed E-state index contributed by atoms with van der Waals surface area (Å²) >= 11 is 0. The topological polar surface area (TPSA) is 118 Å². The van der Waals surface area contributed by atoms with Gasteiger partial charge >= 0.3 is 5.97 Å². The van der Waals surface area contributed by atoms with E-state index in [0.29, 0.717) is 0 Å². The van der Waals surface area contributed by atoms with Crippen LogP contribution in [0.1, 0.15) is 19.3 Å². The lowest BCUT2D eigenvalue weighted by Gasteiger charge is -2.16. The molecule has 0 aromatic rings. The Morgan fingerprint density at radius 3 is 2.22 bits per heavy atom. The summed E-state index contributed by atoms with van der Waals surface area (Å²) in [4.78, 5) is 10.6. The zero-order chi connectivity index (χ0) is 14.0. The third kappa shape index (κ3) is 6.31. The summed E-state index contributed by atoms with van der Waals surface area (Å²) in [6.45, 7) is 0. The minimum atomic E-state index is -3.76. The smallest absolute Gasteiger partial charge is 0.304 e. The first-order valence-corrected chi connectivity index (χ1v) is 9.20. The Kier molecular flexibility index (Phi) is 4.73. The Morgan fingerprint density at radius 1 is 1.28 bits per heavy atom. The molecule has 1 unspecified atom stereocenters. The van der Waals surface area contributed by atoms with E-state index in [1.807, 2.05) is 0 Å². The van der Waals surface area contributed by atoms with Crippen LogP contribution in [0.5, 0.6) is 0 Å². The molecule has 7 nitrogen and oxygen atoms in total. The molecule has 1 aliphatic rings. The fourth-order valence-electron chi connectivity index (χ4n) is 1.54. The van der Waals surface area contributed by atoms with Crippen LogP contribution in [0.15, 0.2) is 0 Å². The minimum Gasteiger partial charge on any atom is -0.481 e. The van der Waals surface area contributed by atoms with Crippen molar-refractivity contribution in [3.63, 3.8) is 0 Å². The number of rotatable bonds is 8. The van der Waals surface area contributed by atoms with Gasteiger partial charge in [0.1, 0.15) is 9.84 Å². The van der Waals surface area contributed by atoms with Crippen LogP contribution in [0, 0.1) is 5.92 Å². The maximum atomic E-state index is 11.6. The molecule has 106 valence electrons. The molecule has 0 aromatic heterocycles. The zero-order valence-electron chi connectivity index (χ0n) is 10.00. The van der Waals surface area contributed by atoms with Crippen molar-refractivity contribution in [3.8, 4) is 0 Å². The van der Waals surface area contributed by atoms with Crippen molar-refractivity contribution in [2.45, 2.75) is 25.3 Å². The summed E-state index contributed by atoms with van der Waals surface area (Å²) in [5.41, 5.74) is 0. The Hall–Kier alpha value is -0.670. The highest BCUT2D eigenvalue weighted by Crippen LogP contribution is 2.34. The van der Waals surface area contributed by atoms with Gasteiger partial charge in [-0.1, -0.05) is 0 Å². The zero-order valence-corrected chi connectivity index (χ0v) is 11.6. The van der Waals surface area contributed by atoms with Crippen LogP contribution in [0.25, 0.3) is 0 Å². The van der Waals surface area contributed by atoms with E-state index in [1.165, 1.54) is 0 Å². The van der Waals surface area contributed by atoms with Gasteiger partial charge in [-0.05, 0) is 18.8 Å². The first-order chi connectivity index (χ1) is 8.09. The van der Waals surface area contributed by atoms with Gasteiger partial charge in [-0.25, -0.2) is 21.6 Å². The number of sulfonamides is 1. The normalized spacial score (nSPS) is 18.5. The molecule has 0 amide bonds. The van der Waals surface area contributed by atoms with Crippen LogP contribution in [-0.2, 0) is 24.7 Å². The van der Waals surface area contributed by atoms with Gasteiger partial charge in [0, 0.05) is 12.3 Å². The van der Waals surface area contributed by atoms with Crippen LogP contribution >= 0.6 is 0 Å². The Labute approximate surface area is 107 Å². The molecular formula is C9H17NO6S2. The van der Waals surface area contributed by atoms with Crippen molar-refractivity contribution in [1.29, 1.82) is 0 Å². The van der Waals surface area contributed by atoms with E-state index in [0.717, 1.165) is 19.1 Å². The molecule has 0 aromatic carbocycles. The summed E-state index contributed by atoms with van der Waals surface area (Å²) in [5.74, 6) is -2.02. The summed E-state index contributed by atoms with van der Waals surface area (Å²) < 4.78 is 47.4. The summed E-state index contributed by atoms with van der Waals surface area (Å²) in [7, 11) is -7.11. The fraction of sp³-hybridized carbons (Fsp3) is 0.889. The number of hydrogen-bond donors (Lipinski definition) is 2. The first kappa shape index (κ1) is 15.4. The highest BCUT2D eigenvalue weighted by molar-refractivity contribution is 7.93. The molecule has 2 N–H and O–H groups in total. The standard InChI is InChI=1S/C9H17NO6S2/c1-17(13,14)4-5-18(15,16)10-8(6-9(11)12)7-2-3-7/h7-8,10H,2-6H2,1H3,(H,11,12). The van der Waals surface area contributed by atoms with Gasteiger partial charge in [-0.15, -0.1) is 0 Å². The SMILES string of the molecule is CS(=O)(=O)CCS(=O)(=O)NC(CC(=O)O)C1CC1. The van der Waals surface area contributed by atoms with Crippen LogP contribution in [0.2, 0.25) is 0 Å². The molecule has 0 radical (unpaired) electrons. The van der Waals surface area contributed by atoms with Gasteiger partial charge in [0.2, 0.25) is 10.0 Å². The predicted octanol–water partition coefficient (Wildman–Crippen LogP) is -0.796. The Morgan fingerprint density at radius 2 is 1.83 bits per heavy atom. The third-order valence-corrected chi connectivity index (χ3v) is 5.25. The second kappa shape index (κ2) is 5.54. The Bertz CT molecular complexity index is 505. The van der Waals surface area contributed by atoms with E-state index in [9.17, 15) is 21.6 Å². The van der Waals surface area contributed by atoms with Crippen molar-refractivity contribution in [2.75, 3.05) is 17.8 Å². The average molecular weight is 299 g/mol. The predicted molar refractivity (Wildman–Crippen MR) is 65.4 cm³/mol. The van der Waals surface area contributed by atoms with E-state index in [1.54, 1.807) is 0 Å². The second-order valence-corrected chi connectivity index (χ2v) is 8.74. The van der Waals surface area contributed by atoms with E-state index in [-0.39, 0.29) is 12.3 Å². The molecule has 0 spiro atoms. The molecule has 0 heterocycles. The molecule has 0 aliphatic heterocycles. The monoisotopic (exact) mass is 299 g/mol. The highest BCUT2D eigenvalue weighted by Gasteiger charge is 2.35. The molecule has 9 heteroatoms. The van der Waals surface area contributed by atoms with Crippen molar-refractivity contribution in [3.05, 3.63) is 0 Å². The largest absolute Gasteiger partial charge is 0.481 e. The van der Waals surface area contributed by atoms with Gasteiger partial charge in [0.15, 0.2) is 0 Å². The highest BCUT2D eigenvalue weighted by atomic mass is 32.2. The van der Waals surface area contributed by atoms with E-state index in [2.05, 4.69) is 4.72 Å². The van der Waals surface area contributed by atoms with Crippen LogP contribution in [-0.4, -0.2) is 51.7 Å². The van der Waals surface area contributed by atoms with Gasteiger partial charge in [0.25, 0.3) is 0 Å². The van der Waals surface area contributed by atoms with Crippen molar-refractivity contribution >= 4 is 25.8 Å². The molecule has 1 rings (SSSR count). The molecule has 0 bridgehead atoms. The maximum absolute atomic E-state index is 11.6. The molecule has 1 fully saturated rings. The van der Waals surface area contributed by atoms with Crippen molar-refractivity contribution in [2.24, 2.45) is 5.92 Å². The lowest BCUT2D eigenvalue weighted by Crippen LogP contribution is -2.40. The number of carboxylic acid groups (broad SMARTS) is 1. The summed E-state index contributed by atoms with van der Waals surface area (Å²) in [5, 5.41) is 8.69. The molecule has 1 saturated carbocycles. The number of hydrogen-bond acceptors (Lipinski definition) is 5. The quantitative estimate of drug-likeness (QED) is 0.606. The van der Waals surface area contributed by atoms with E-state index in [4.69, 9.17) is 5.11 Å². The maximum Gasteiger partial charge on any atom is 0.304 e. The molecule has 1 atom stereocenters. The molecule has 1 aliphatic carbocycles. The van der Waals surface area contributed by atoms with Gasteiger partial charge < -0.3 is 5.11 Å². The minimum absolute atomic E-state index is 0.0501. The first-order valence-electron chi connectivity index (χ1n) is 5.48. The molecule has 18 heavy (non-hydrogen) atoms. The van der Waals surface area contributed by atoms with E-state index < -0.39 is 43.4 Å². The Balaban J connectivity index is 2.59. The lowest BCUT2D eigenvalue weighted by atomic mass is 10.1. The summed E-state index contributed by atoms with van der Waals surface area (Å²) in [6.07, 6.45) is 2.28. The van der Waals surface area contributed by atoms with Crippen molar-refractivity contribution in [1.82, 2.24) is 4.72 Å². The molecule has 0 saturated heterocycles. The molecular weight excluding hydrogens is 282 g/mol. The number of carboxylic acids is 1. The third-order valence-electron chi connectivity index (χ3n) is 2.64. The number of sulfone groups is 1. The van der Waals surface area contributed by atoms with Gasteiger partial charge in [-0.3, -0.25) is 4.79 Å². The second-order valence-electron chi connectivity index (χ2n) is 4.61. The summed E-state index contributed by atoms with van der Waals surface area (Å²) in [6, 6.07) is -0.632.